The van der Waals surface area contributed by atoms with Gasteiger partial charge in [-0.1, -0.05) is 30.3 Å². The molecule has 2 aromatic carbocycles. The molecule has 150 valence electrons. The number of hydrogen-bond acceptors (Lipinski definition) is 5. The van der Waals surface area contributed by atoms with Gasteiger partial charge in [-0.05, 0) is 31.5 Å². The van der Waals surface area contributed by atoms with Crippen molar-refractivity contribution in [2.75, 3.05) is 18.8 Å². The van der Waals surface area contributed by atoms with E-state index in [0.29, 0.717) is 5.56 Å². The molecule has 28 heavy (non-hydrogen) atoms. The smallest absolute Gasteiger partial charge is 0.243 e. The lowest BCUT2D eigenvalue weighted by atomic mass is 10.1. The number of carbonyl (C=O) groups is 1. The van der Waals surface area contributed by atoms with Crippen LogP contribution in [0.4, 0.5) is 4.39 Å². The molecular formula is C19H20FNO5S2. The zero-order valence-electron chi connectivity index (χ0n) is 15.2. The molecule has 1 saturated heterocycles. The molecule has 1 fully saturated rings. The van der Waals surface area contributed by atoms with Crippen molar-refractivity contribution in [3.63, 3.8) is 0 Å². The molecule has 0 spiro atoms. The Balaban J connectivity index is 1.89. The summed E-state index contributed by atoms with van der Waals surface area (Å²) in [6, 6.07) is 11.2. The van der Waals surface area contributed by atoms with Crippen LogP contribution in [0.2, 0.25) is 0 Å². The number of Topliss-reactive ketones (excluding diaryl/α,β-unsaturated/α-hetero) is 1. The van der Waals surface area contributed by atoms with Crippen LogP contribution in [0.3, 0.4) is 0 Å². The maximum absolute atomic E-state index is 14.1. The summed E-state index contributed by atoms with van der Waals surface area (Å²) in [5.41, 5.74) is 0.449. The first-order valence-electron chi connectivity index (χ1n) is 8.70. The van der Waals surface area contributed by atoms with E-state index >= 15 is 0 Å². The molecule has 1 aliphatic heterocycles. The summed E-state index contributed by atoms with van der Waals surface area (Å²) in [5, 5.41) is -1.09. The average molecular weight is 426 g/mol. The van der Waals surface area contributed by atoms with Gasteiger partial charge in [0.15, 0.2) is 15.6 Å². The van der Waals surface area contributed by atoms with Gasteiger partial charge >= 0.3 is 0 Å². The number of sulfone groups is 1. The summed E-state index contributed by atoms with van der Waals surface area (Å²) in [6.07, 6.45) is -0.0337. The van der Waals surface area contributed by atoms with Gasteiger partial charge < -0.3 is 0 Å². The van der Waals surface area contributed by atoms with Crippen LogP contribution in [0.15, 0.2) is 53.4 Å². The van der Waals surface area contributed by atoms with Crippen molar-refractivity contribution in [3.05, 3.63) is 65.5 Å². The number of benzene rings is 2. The monoisotopic (exact) mass is 425 g/mol. The Bertz CT molecular complexity index is 1100. The third-order valence-electron chi connectivity index (χ3n) is 4.85. The number of carbonyl (C=O) groups excluding carboxylic acids is 1. The fourth-order valence-corrected chi connectivity index (χ4v) is 6.63. The first kappa shape index (κ1) is 20.6. The summed E-state index contributed by atoms with van der Waals surface area (Å²) in [4.78, 5) is 11.4. The number of hydrogen-bond donors (Lipinski definition) is 0. The van der Waals surface area contributed by atoms with E-state index in [9.17, 15) is 26.0 Å². The largest absolute Gasteiger partial charge is 0.295 e. The minimum atomic E-state index is -3.93. The highest BCUT2D eigenvalue weighted by Crippen LogP contribution is 2.32. The van der Waals surface area contributed by atoms with Crippen LogP contribution in [0.1, 0.15) is 34.5 Å². The highest BCUT2D eigenvalue weighted by molar-refractivity contribution is 7.92. The van der Waals surface area contributed by atoms with Gasteiger partial charge in [-0.3, -0.25) is 4.79 Å². The van der Waals surface area contributed by atoms with Crippen molar-refractivity contribution in [2.24, 2.45) is 0 Å². The van der Waals surface area contributed by atoms with Crippen LogP contribution in [0, 0.1) is 5.82 Å². The summed E-state index contributed by atoms with van der Waals surface area (Å²) in [5.74, 6) is -1.19. The SMILES string of the molecule is CC(=O)c1ccc(S(=O)(=O)N2CCC(c3ccccc3F)S(=O)(=O)CC2)cc1. The van der Waals surface area contributed by atoms with E-state index in [1.54, 1.807) is 6.07 Å². The standard InChI is InChI=1S/C19H20FNO5S2/c1-14(22)15-6-8-16(9-7-15)28(25,26)21-11-10-19(27(23,24)13-12-21)17-4-2-3-5-18(17)20/h2-9,19H,10-13H2,1H3. The molecule has 1 aliphatic rings. The predicted molar refractivity (Wildman–Crippen MR) is 103 cm³/mol. The van der Waals surface area contributed by atoms with Crippen LogP contribution in [-0.4, -0.2) is 45.8 Å². The van der Waals surface area contributed by atoms with Crippen molar-refractivity contribution < 1.29 is 26.0 Å². The number of halogens is 1. The van der Waals surface area contributed by atoms with Gasteiger partial charge in [0.25, 0.3) is 0 Å². The van der Waals surface area contributed by atoms with Gasteiger partial charge in [-0.25, -0.2) is 21.2 Å². The van der Waals surface area contributed by atoms with E-state index in [4.69, 9.17) is 0 Å². The number of ketones is 1. The first-order valence-corrected chi connectivity index (χ1v) is 11.9. The highest BCUT2D eigenvalue weighted by atomic mass is 32.2. The number of rotatable bonds is 4. The van der Waals surface area contributed by atoms with E-state index in [1.807, 2.05) is 0 Å². The molecule has 3 rings (SSSR count). The molecule has 0 amide bonds. The Kier molecular flexibility index (Phi) is 5.69. The van der Waals surface area contributed by atoms with Crippen molar-refractivity contribution >= 4 is 25.6 Å². The molecule has 0 aliphatic carbocycles. The fraction of sp³-hybridized carbons (Fsp3) is 0.316. The third-order valence-corrected chi connectivity index (χ3v) is 8.87. The zero-order chi connectivity index (χ0) is 20.5. The second kappa shape index (κ2) is 7.73. The van der Waals surface area contributed by atoms with Crippen LogP contribution in [0.25, 0.3) is 0 Å². The lowest BCUT2D eigenvalue weighted by molar-refractivity contribution is 0.101. The van der Waals surface area contributed by atoms with Crippen LogP contribution >= 0.6 is 0 Å². The van der Waals surface area contributed by atoms with Crippen molar-refractivity contribution in [1.29, 1.82) is 0 Å². The van der Waals surface area contributed by atoms with Gasteiger partial charge in [0.05, 0.1) is 15.9 Å². The Hall–Kier alpha value is -2.10. The predicted octanol–water partition coefficient (Wildman–Crippen LogP) is 2.58. The van der Waals surface area contributed by atoms with E-state index < -0.39 is 36.7 Å². The van der Waals surface area contributed by atoms with Gasteiger partial charge in [0.1, 0.15) is 5.82 Å². The summed E-state index contributed by atoms with van der Waals surface area (Å²) >= 11 is 0. The first-order chi connectivity index (χ1) is 13.1. The van der Waals surface area contributed by atoms with Gasteiger partial charge in [0.2, 0.25) is 10.0 Å². The van der Waals surface area contributed by atoms with Crippen molar-refractivity contribution in [1.82, 2.24) is 4.31 Å². The topological polar surface area (TPSA) is 88.6 Å². The molecule has 1 atom stereocenters. The highest BCUT2D eigenvalue weighted by Gasteiger charge is 2.36. The minimum Gasteiger partial charge on any atom is -0.295 e. The molecule has 1 unspecified atom stereocenters. The molecule has 6 nitrogen and oxygen atoms in total. The summed E-state index contributed by atoms with van der Waals surface area (Å²) in [7, 11) is -7.65. The molecule has 2 aromatic rings. The molecule has 0 radical (unpaired) electrons. The summed E-state index contributed by atoms with van der Waals surface area (Å²) in [6.45, 7) is 1.13. The molecular weight excluding hydrogens is 405 g/mol. The molecule has 0 N–H and O–H groups in total. The Morgan fingerprint density at radius 1 is 1.07 bits per heavy atom. The Morgan fingerprint density at radius 3 is 2.32 bits per heavy atom. The van der Waals surface area contributed by atoms with Gasteiger partial charge in [-0.2, -0.15) is 4.31 Å². The second-order valence-electron chi connectivity index (χ2n) is 6.65. The van der Waals surface area contributed by atoms with E-state index in [0.717, 1.165) is 4.31 Å². The maximum Gasteiger partial charge on any atom is 0.243 e. The lowest BCUT2D eigenvalue weighted by Gasteiger charge is -2.20. The molecule has 9 heteroatoms. The Morgan fingerprint density at radius 2 is 1.71 bits per heavy atom. The number of sulfonamides is 1. The third kappa shape index (κ3) is 4.01. The fourth-order valence-electron chi connectivity index (χ4n) is 3.26. The lowest BCUT2D eigenvalue weighted by Crippen LogP contribution is -2.33. The van der Waals surface area contributed by atoms with Crippen molar-refractivity contribution in [2.45, 2.75) is 23.5 Å². The van der Waals surface area contributed by atoms with Crippen molar-refractivity contribution in [3.8, 4) is 0 Å². The quantitative estimate of drug-likeness (QED) is 0.703. The average Bonchev–Trinajstić information content (AvgIpc) is 2.81. The van der Waals surface area contributed by atoms with Crippen LogP contribution < -0.4 is 0 Å². The molecule has 1 heterocycles. The van der Waals surface area contributed by atoms with E-state index in [1.165, 1.54) is 49.4 Å². The van der Waals surface area contributed by atoms with E-state index in [2.05, 4.69) is 0 Å². The molecule has 0 bridgehead atoms. The maximum atomic E-state index is 14.1. The van der Waals surface area contributed by atoms with Gasteiger partial charge in [-0.15, -0.1) is 0 Å². The molecule has 0 aromatic heterocycles. The Labute approximate surface area is 164 Å². The summed E-state index contributed by atoms with van der Waals surface area (Å²) < 4.78 is 66.4. The normalized spacial score (nSPS) is 20.4. The van der Waals surface area contributed by atoms with E-state index in [-0.39, 0.29) is 35.8 Å². The molecule has 0 saturated carbocycles. The van der Waals surface area contributed by atoms with Gasteiger partial charge in [0, 0.05) is 24.2 Å². The van der Waals surface area contributed by atoms with Crippen LogP contribution in [0.5, 0.6) is 0 Å². The number of nitrogens with zero attached hydrogens (tertiary/aromatic N) is 1. The zero-order valence-corrected chi connectivity index (χ0v) is 16.8. The second-order valence-corrected chi connectivity index (χ2v) is 10.9. The van der Waals surface area contributed by atoms with Crippen LogP contribution in [-0.2, 0) is 19.9 Å². The minimum absolute atomic E-state index is 0.0146.